The number of nitrogens with two attached hydrogens (primary N) is 1. The molecule has 5 nitrogen and oxygen atoms in total. The molecule has 0 amide bonds. The maximum Gasteiger partial charge on any atom is 0.140 e. The Bertz CT molecular complexity index is 840. The van der Waals surface area contributed by atoms with Crippen LogP contribution in [0.2, 0.25) is 0 Å². The van der Waals surface area contributed by atoms with Crippen molar-refractivity contribution in [2.24, 2.45) is 5.73 Å². The van der Waals surface area contributed by atoms with E-state index in [1.165, 1.54) is 34.5 Å². The summed E-state index contributed by atoms with van der Waals surface area (Å²) in [4.78, 5) is 11.8. The molecule has 2 aromatic rings. The van der Waals surface area contributed by atoms with Crippen molar-refractivity contribution in [1.82, 2.24) is 15.3 Å². The van der Waals surface area contributed by atoms with Gasteiger partial charge in [0.25, 0.3) is 0 Å². The highest BCUT2D eigenvalue weighted by atomic mass is 15.2. The van der Waals surface area contributed by atoms with E-state index in [2.05, 4.69) is 40.3 Å². The van der Waals surface area contributed by atoms with Crippen molar-refractivity contribution in [3.63, 3.8) is 0 Å². The molecular formula is C21H27N5. The molecule has 3 heterocycles. The molecule has 5 heteroatoms. The van der Waals surface area contributed by atoms with E-state index in [0.29, 0.717) is 12.5 Å². The van der Waals surface area contributed by atoms with Gasteiger partial charge in [-0.15, -0.1) is 0 Å². The van der Waals surface area contributed by atoms with Crippen molar-refractivity contribution in [1.29, 1.82) is 0 Å². The first kappa shape index (κ1) is 16.2. The summed E-state index contributed by atoms with van der Waals surface area (Å²) in [5, 5.41) is 3.53. The van der Waals surface area contributed by atoms with Crippen LogP contribution in [0.15, 0.2) is 24.5 Å². The minimum atomic E-state index is 0.191. The quantitative estimate of drug-likeness (QED) is 0.873. The normalized spacial score (nSPS) is 23.3. The molecule has 1 aliphatic carbocycles. The van der Waals surface area contributed by atoms with E-state index in [4.69, 9.17) is 10.7 Å². The van der Waals surface area contributed by atoms with Gasteiger partial charge in [-0.05, 0) is 61.9 Å². The maximum atomic E-state index is 6.15. The van der Waals surface area contributed by atoms with Gasteiger partial charge in [-0.3, -0.25) is 0 Å². The Labute approximate surface area is 155 Å². The molecule has 0 bridgehead atoms. The van der Waals surface area contributed by atoms with Crippen LogP contribution in [-0.4, -0.2) is 29.6 Å². The second-order valence-corrected chi connectivity index (χ2v) is 8.13. The summed E-state index contributed by atoms with van der Waals surface area (Å²) in [6.45, 7) is 6.07. The maximum absolute atomic E-state index is 6.15. The van der Waals surface area contributed by atoms with E-state index in [9.17, 15) is 0 Å². The highest BCUT2D eigenvalue weighted by Gasteiger charge is 2.46. The minimum Gasteiger partial charge on any atom is -0.326 e. The van der Waals surface area contributed by atoms with Crippen molar-refractivity contribution in [3.8, 4) is 0 Å². The van der Waals surface area contributed by atoms with E-state index < -0.39 is 0 Å². The molecule has 1 saturated heterocycles. The van der Waals surface area contributed by atoms with Crippen LogP contribution in [0.25, 0.3) is 0 Å². The Morgan fingerprint density at radius 1 is 1.27 bits per heavy atom. The number of hydrogen-bond acceptors (Lipinski definition) is 5. The molecule has 0 saturated carbocycles. The van der Waals surface area contributed by atoms with Gasteiger partial charge in [0.1, 0.15) is 12.1 Å². The molecule has 1 aromatic carbocycles. The van der Waals surface area contributed by atoms with Crippen molar-refractivity contribution in [2.45, 2.75) is 50.5 Å². The monoisotopic (exact) mass is 349 g/mol. The molecule has 3 aliphatic rings. The Balaban J connectivity index is 1.69. The van der Waals surface area contributed by atoms with Gasteiger partial charge in [-0.2, -0.15) is 0 Å². The zero-order valence-electron chi connectivity index (χ0n) is 15.5. The van der Waals surface area contributed by atoms with Gasteiger partial charge in [0.05, 0.1) is 0 Å². The number of aryl methyl sites for hydroxylation is 1. The lowest BCUT2D eigenvalue weighted by molar-refractivity contribution is 0.327. The Kier molecular flexibility index (Phi) is 3.76. The fourth-order valence-electron chi connectivity index (χ4n) is 5.40. The van der Waals surface area contributed by atoms with E-state index in [0.717, 1.165) is 44.7 Å². The topological polar surface area (TPSA) is 67.1 Å². The van der Waals surface area contributed by atoms with E-state index in [1.54, 1.807) is 6.33 Å². The van der Waals surface area contributed by atoms with Gasteiger partial charge in [0.2, 0.25) is 0 Å². The zero-order valence-corrected chi connectivity index (χ0v) is 15.5. The fourth-order valence-corrected chi connectivity index (χ4v) is 5.40. The van der Waals surface area contributed by atoms with Crippen LogP contribution in [0.1, 0.15) is 54.5 Å². The van der Waals surface area contributed by atoms with Crippen molar-refractivity contribution in [2.75, 3.05) is 24.5 Å². The minimum absolute atomic E-state index is 0.191. The third-order valence-corrected chi connectivity index (χ3v) is 6.70. The van der Waals surface area contributed by atoms with Crippen molar-refractivity contribution < 1.29 is 0 Å². The molecule has 1 unspecified atom stereocenters. The highest BCUT2D eigenvalue weighted by molar-refractivity contribution is 5.75. The van der Waals surface area contributed by atoms with E-state index >= 15 is 0 Å². The summed E-state index contributed by atoms with van der Waals surface area (Å²) in [7, 11) is 0. The first-order chi connectivity index (χ1) is 12.7. The zero-order chi connectivity index (χ0) is 17.7. The highest BCUT2D eigenvalue weighted by Crippen LogP contribution is 2.51. The molecular weight excluding hydrogens is 322 g/mol. The molecule has 0 radical (unpaired) electrons. The number of anilines is 2. The molecule has 1 atom stereocenters. The van der Waals surface area contributed by atoms with Crippen LogP contribution < -0.4 is 16.0 Å². The van der Waals surface area contributed by atoms with Crippen LogP contribution in [0.3, 0.4) is 0 Å². The number of rotatable bonds is 2. The lowest BCUT2D eigenvalue weighted by atomic mass is 9.73. The van der Waals surface area contributed by atoms with Crippen LogP contribution in [0.5, 0.6) is 0 Å². The van der Waals surface area contributed by atoms with Crippen LogP contribution >= 0.6 is 0 Å². The molecule has 2 aliphatic heterocycles. The van der Waals surface area contributed by atoms with Crippen LogP contribution in [-0.2, 0) is 18.4 Å². The largest absolute Gasteiger partial charge is 0.326 e. The number of fused-ring (bicyclic) bond motifs is 3. The third kappa shape index (κ3) is 2.23. The Hall–Kier alpha value is -1.98. The molecule has 3 N–H and O–H groups in total. The van der Waals surface area contributed by atoms with Gasteiger partial charge in [0.15, 0.2) is 0 Å². The van der Waals surface area contributed by atoms with Gasteiger partial charge >= 0.3 is 0 Å². The number of benzene rings is 1. The summed E-state index contributed by atoms with van der Waals surface area (Å²) in [6.07, 6.45) is 6.34. The van der Waals surface area contributed by atoms with Gasteiger partial charge < -0.3 is 16.0 Å². The van der Waals surface area contributed by atoms with E-state index in [1.807, 2.05) is 0 Å². The standard InChI is InChI=1S/C21H27N5/c1-14-5-6-16-18(14)20(25-13-24-16)26-12-21(7-9-23-10-8-21)19-15(11-22)3-2-4-17(19)26/h2-4,13-14,23H,5-12,22H2,1H3. The Morgan fingerprint density at radius 2 is 2.12 bits per heavy atom. The van der Waals surface area contributed by atoms with Gasteiger partial charge in [-0.25, -0.2) is 9.97 Å². The van der Waals surface area contributed by atoms with E-state index in [-0.39, 0.29) is 5.41 Å². The lowest BCUT2D eigenvalue weighted by Crippen LogP contribution is -2.43. The van der Waals surface area contributed by atoms with Crippen LogP contribution in [0.4, 0.5) is 11.5 Å². The average molecular weight is 349 g/mol. The third-order valence-electron chi connectivity index (χ3n) is 6.70. The molecule has 136 valence electrons. The molecule has 26 heavy (non-hydrogen) atoms. The van der Waals surface area contributed by atoms with Crippen molar-refractivity contribution in [3.05, 3.63) is 46.9 Å². The molecule has 5 rings (SSSR count). The summed E-state index contributed by atoms with van der Waals surface area (Å²) in [6, 6.07) is 6.62. The summed E-state index contributed by atoms with van der Waals surface area (Å²) in [5.74, 6) is 1.66. The predicted molar refractivity (Wildman–Crippen MR) is 104 cm³/mol. The first-order valence-corrected chi connectivity index (χ1v) is 9.88. The average Bonchev–Trinajstić information content (AvgIpc) is 3.22. The number of hydrogen-bond donors (Lipinski definition) is 2. The summed E-state index contributed by atoms with van der Waals surface area (Å²) in [5.41, 5.74) is 13.0. The second kappa shape index (κ2) is 6.03. The van der Waals surface area contributed by atoms with Gasteiger partial charge in [0, 0.05) is 35.4 Å². The van der Waals surface area contributed by atoms with Crippen LogP contribution in [0, 0.1) is 0 Å². The first-order valence-electron chi connectivity index (χ1n) is 9.88. The lowest BCUT2D eigenvalue weighted by Gasteiger charge is -2.36. The summed E-state index contributed by atoms with van der Waals surface area (Å²) >= 11 is 0. The smallest absolute Gasteiger partial charge is 0.140 e. The van der Waals surface area contributed by atoms with Gasteiger partial charge in [-0.1, -0.05) is 19.1 Å². The Morgan fingerprint density at radius 3 is 2.92 bits per heavy atom. The molecule has 1 fully saturated rings. The predicted octanol–water partition coefficient (Wildman–Crippen LogP) is 2.76. The fraction of sp³-hybridized carbons (Fsp3) is 0.524. The van der Waals surface area contributed by atoms with Crippen molar-refractivity contribution >= 4 is 11.5 Å². The number of nitrogens with zero attached hydrogens (tertiary/aromatic N) is 3. The molecule has 1 aromatic heterocycles. The molecule has 1 spiro atoms. The number of aromatic nitrogens is 2. The SMILES string of the molecule is CC1CCc2ncnc(N3CC4(CCNCC4)c4c(CN)cccc43)c21. The number of piperidine rings is 1. The number of nitrogens with one attached hydrogen (secondary N) is 1. The summed E-state index contributed by atoms with van der Waals surface area (Å²) < 4.78 is 0. The second-order valence-electron chi connectivity index (χ2n) is 8.13.